The van der Waals surface area contributed by atoms with Crippen LogP contribution in [0.3, 0.4) is 0 Å². The number of anilines is 1. The second-order valence-corrected chi connectivity index (χ2v) is 13.6. The van der Waals surface area contributed by atoms with Crippen LogP contribution in [0.25, 0.3) is 0 Å². The highest BCUT2D eigenvalue weighted by molar-refractivity contribution is 7.89. The predicted molar refractivity (Wildman–Crippen MR) is 141 cm³/mol. The Morgan fingerprint density at radius 1 is 0.972 bits per heavy atom. The maximum atomic E-state index is 13.6. The first-order valence-corrected chi connectivity index (χ1v) is 15.4. The molecule has 1 atom stereocenters. The molecule has 2 aromatic carbocycles. The molecule has 8 nitrogen and oxygen atoms in total. The van der Waals surface area contributed by atoms with Crippen molar-refractivity contribution in [2.24, 2.45) is 0 Å². The van der Waals surface area contributed by atoms with Gasteiger partial charge in [0, 0.05) is 29.7 Å². The van der Waals surface area contributed by atoms with Gasteiger partial charge in [0.1, 0.15) is 0 Å². The van der Waals surface area contributed by atoms with Crippen molar-refractivity contribution in [3.05, 3.63) is 77.0 Å². The topological polar surface area (TPSA) is 104 Å². The first-order chi connectivity index (χ1) is 17.2. The summed E-state index contributed by atoms with van der Waals surface area (Å²) in [4.78, 5) is 13.5. The van der Waals surface area contributed by atoms with Crippen LogP contribution in [-0.2, 0) is 31.4 Å². The molecule has 0 unspecified atom stereocenters. The van der Waals surface area contributed by atoms with Crippen LogP contribution in [0.1, 0.15) is 31.1 Å². The molecule has 1 aromatic heterocycles. The molecule has 36 heavy (non-hydrogen) atoms. The van der Waals surface area contributed by atoms with E-state index in [1.165, 1.54) is 39.9 Å². The Bertz CT molecular complexity index is 1370. The number of benzene rings is 2. The van der Waals surface area contributed by atoms with Gasteiger partial charge >= 0.3 is 0 Å². The lowest BCUT2D eigenvalue weighted by Gasteiger charge is -2.32. The molecule has 1 amide bonds. The summed E-state index contributed by atoms with van der Waals surface area (Å²) in [6.45, 7) is 1.97. The van der Waals surface area contributed by atoms with Crippen LogP contribution in [0.4, 0.5) is 5.69 Å². The minimum atomic E-state index is -4.09. The maximum Gasteiger partial charge on any atom is 0.243 e. The third-order valence-corrected chi connectivity index (χ3v) is 10.8. The van der Waals surface area contributed by atoms with E-state index in [-0.39, 0.29) is 28.9 Å². The molecule has 3 aromatic rings. The maximum absolute atomic E-state index is 13.6. The van der Waals surface area contributed by atoms with Gasteiger partial charge in [0.05, 0.1) is 16.3 Å². The van der Waals surface area contributed by atoms with E-state index in [1.807, 2.05) is 24.4 Å². The molecule has 1 N–H and O–H groups in total. The number of nitrogens with zero attached hydrogens (tertiary/aromatic N) is 2. The number of sulfonamides is 2. The van der Waals surface area contributed by atoms with E-state index in [0.717, 1.165) is 28.4 Å². The van der Waals surface area contributed by atoms with Crippen LogP contribution in [0.5, 0.6) is 0 Å². The van der Waals surface area contributed by atoms with E-state index >= 15 is 0 Å². The van der Waals surface area contributed by atoms with Gasteiger partial charge in [0.2, 0.25) is 26.0 Å². The van der Waals surface area contributed by atoms with Gasteiger partial charge in [-0.15, -0.1) is 11.3 Å². The van der Waals surface area contributed by atoms with Gasteiger partial charge in [-0.2, -0.15) is 8.61 Å². The van der Waals surface area contributed by atoms with Gasteiger partial charge in [0.15, 0.2) is 0 Å². The fourth-order valence-corrected chi connectivity index (χ4v) is 8.06. The van der Waals surface area contributed by atoms with E-state index in [9.17, 15) is 21.6 Å². The Morgan fingerprint density at radius 2 is 1.67 bits per heavy atom. The van der Waals surface area contributed by atoms with Crippen molar-refractivity contribution >= 4 is 43.0 Å². The van der Waals surface area contributed by atoms with Crippen molar-refractivity contribution < 1.29 is 21.6 Å². The normalized spacial score (nSPS) is 17.2. The van der Waals surface area contributed by atoms with Crippen molar-refractivity contribution in [1.29, 1.82) is 0 Å². The van der Waals surface area contributed by atoms with Crippen LogP contribution >= 0.6 is 11.3 Å². The standard InChI is InChI=1S/C25H29N3O5S3/c1-20-8-5-6-16-28(20)36(32,33)24-14-12-23(13-15-24)35(30,31)27(18-22-11-7-17-34-22)19-25(29)26-21-9-3-2-4-10-21/h2-4,7,9-15,17,20H,5-6,8,16,18-19H2,1H3,(H,26,29)/t20-/m0/s1. The molecule has 11 heteroatoms. The largest absolute Gasteiger partial charge is 0.325 e. The lowest BCUT2D eigenvalue weighted by atomic mass is 10.1. The number of para-hydroxylation sites is 1. The van der Waals surface area contributed by atoms with Crippen molar-refractivity contribution in [3.63, 3.8) is 0 Å². The van der Waals surface area contributed by atoms with Gasteiger partial charge in [-0.1, -0.05) is 30.7 Å². The average Bonchev–Trinajstić information content (AvgIpc) is 3.38. The smallest absolute Gasteiger partial charge is 0.243 e. The van der Waals surface area contributed by atoms with E-state index in [0.29, 0.717) is 12.2 Å². The SMILES string of the molecule is C[C@H]1CCCCN1S(=O)(=O)c1ccc(S(=O)(=O)N(CC(=O)Nc2ccccc2)Cc2cccs2)cc1. The van der Waals surface area contributed by atoms with Crippen LogP contribution in [0.15, 0.2) is 81.9 Å². The Balaban J connectivity index is 1.57. The quantitative estimate of drug-likeness (QED) is 0.434. The molecule has 1 aliphatic heterocycles. The molecule has 1 fully saturated rings. The highest BCUT2D eigenvalue weighted by Gasteiger charge is 2.32. The molecule has 0 bridgehead atoms. The summed E-state index contributed by atoms with van der Waals surface area (Å²) >= 11 is 1.39. The zero-order valence-electron chi connectivity index (χ0n) is 19.9. The number of piperidine rings is 1. The Labute approximate surface area is 216 Å². The molecule has 0 radical (unpaired) electrons. The number of carbonyl (C=O) groups excluding carboxylic acids is 1. The van der Waals surface area contributed by atoms with Crippen LogP contribution < -0.4 is 5.32 Å². The lowest BCUT2D eigenvalue weighted by molar-refractivity contribution is -0.116. The van der Waals surface area contributed by atoms with Crippen molar-refractivity contribution in [2.75, 3.05) is 18.4 Å². The third kappa shape index (κ3) is 6.04. The second kappa shape index (κ2) is 11.2. The van der Waals surface area contributed by atoms with Crippen LogP contribution in [0, 0.1) is 0 Å². The number of nitrogens with one attached hydrogen (secondary N) is 1. The summed E-state index contributed by atoms with van der Waals surface area (Å²) < 4.78 is 56.0. The fraction of sp³-hybridized carbons (Fsp3) is 0.320. The first kappa shape index (κ1) is 26.5. The number of hydrogen-bond acceptors (Lipinski definition) is 6. The van der Waals surface area contributed by atoms with Crippen molar-refractivity contribution in [3.8, 4) is 0 Å². The summed E-state index contributed by atoms with van der Waals surface area (Å²) in [6, 6.07) is 17.6. The number of carbonyl (C=O) groups is 1. The molecule has 0 aliphatic carbocycles. The Morgan fingerprint density at radius 3 is 2.31 bits per heavy atom. The average molecular weight is 548 g/mol. The van der Waals surface area contributed by atoms with Gasteiger partial charge in [0.25, 0.3) is 0 Å². The molecular weight excluding hydrogens is 518 g/mol. The second-order valence-electron chi connectivity index (χ2n) is 8.70. The fourth-order valence-electron chi connectivity index (χ4n) is 4.18. The summed E-state index contributed by atoms with van der Waals surface area (Å²) in [5, 5.41) is 4.56. The molecule has 1 aliphatic rings. The molecule has 0 spiro atoms. The third-order valence-electron chi connectivity index (χ3n) is 6.10. The molecular formula is C25H29N3O5S3. The van der Waals surface area contributed by atoms with Gasteiger partial charge in [-0.25, -0.2) is 16.8 Å². The lowest BCUT2D eigenvalue weighted by Crippen LogP contribution is -2.41. The molecule has 2 heterocycles. The number of thiophene rings is 1. The predicted octanol–water partition coefficient (Wildman–Crippen LogP) is 4.14. The zero-order valence-corrected chi connectivity index (χ0v) is 22.4. The Hall–Kier alpha value is -2.57. The molecule has 4 rings (SSSR count). The highest BCUT2D eigenvalue weighted by Crippen LogP contribution is 2.27. The Kier molecular flexibility index (Phi) is 8.26. The first-order valence-electron chi connectivity index (χ1n) is 11.7. The van der Waals surface area contributed by atoms with Crippen LogP contribution in [-0.4, -0.2) is 50.5 Å². The summed E-state index contributed by atoms with van der Waals surface area (Å²) in [7, 11) is -7.82. The number of amides is 1. The van der Waals surface area contributed by atoms with Crippen molar-refractivity contribution in [2.45, 2.75) is 48.6 Å². The monoisotopic (exact) mass is 547 g/mol. The van der Waals surface area contributed by atoms with E-state index in [2.05, 4.69) is 5.32 Å². The van der Waals surface area contributed by atoms with E-state index in [1.54, 1.807) is 30.3 Å². The zero-order chi connectivity index (χ0) is 25.8. The van der Waals surface area contributed by atoms with Gasteiger partial charge in [-0.05, 0) is 67.6 Å². The minimum Gasteiger partial charge on any atom is -0.325 e. The van der Waals surface area contributed by atoms with Gasteiger partial charge in [-0.3, -0.25) is 4.79 Å². The number of hydrogen-bond donors (Lipinski definition) is 1. The minimum absolute atomic E-state index is 0.0214. The molecule has 0 saturated carbocycles. The molecule has 192 valence electrons. The summed E-state index contributed by atoms with van der Waals surface area (Å²) in [5.74, 6) is -0.473. The van der Waals surface area contributed by atoms with Gasteiger partial charge < -0.3 is 5.32 Å². The van der Waals surface area contributed by atoms with E-state index < -0.39 is 26.0 Å². The summed E-state index contributed by atoms with van der Waals surface area (Å²) in [5.41, 5.74) is 0.567. The number of rotatable bonds is 9. The summed E-state index contributed by atoms with van der Waals surface area (Å²) in [6.07, 6.45) is 2.59. The van der Waals surface area contributed by atoms with E-state index in [4.69, 9.17) is 0 Å². The highest BCUT2D eigenvalue weighted by atomic mass is 32.2. The van der Waals surface area contributed by atoms with Crippen LogP contribution in [0.2, 0.25) is 0 Å². The van der Waals surface area contributed by atoms with Crippen molar-refractivity contribution in [1.82, 2.24) is 8.61 Å². The molecule has 1 saturated heterocycles.